The van der Waals surface area contributed by atoms with Crippen molar-refractivity contribution in [3.05, 3.63) is 74.4 Å². The first-order valence-corrected chi connectivity index (χ1v) is 26.4. The number of nitrogens with zero attached hydrogens (tertiary/aromatic N) is 6. The zero-order valence-corrected chi connectivity index (χ0v) is 43.4. The van der Waals surface area contributed by atoms with Gasteiger partial charge in [0.25, 0.3) is 11.1 Å². The fraction of sp³-hybridized carbons (Fsp3) is 0.654. The third-order valence-electron chi connectivity index (χ3n) is 16.2. The number of anilines is 1. The van der Waals surface area contributed by atoms with E-state index in [1.165, 1.54) is 116 Å². The number of hydrogen-bond donors (Lipinski definition) is 6. The molecule has 0 spiro atoms. The van der Waals surface area contributed by atoms with Crippen molar-refractivity contribution in [1.82, 2.24) is 28.9 Å². The second-order valence-electron chi connectivity index (χ2n) is 20.6. The predicted octanol–water partition coefficient (Wildman–Crippen LogP) is 6.90. The van der Waals surface area contributed by atoms with Crippen molar-refractivity contribution >= 4 is 76.1 Å². The summed E-state index contributed by atoms with van der Waals surface area (Å²) in [5.74, 6) is -1.32. The van der Waals surface area contributed by atoms with Crippen LogP contribution < -0.4 is 33.6 Å². The fourth-order valence-electron chi connectivity index (χ4n) is 13.0. The maximum Gasteiger partial charge on any atom is 0.294 e. The summed E-state index contributed by atoms with van der Waals surface area (Å²) >= 11 is 6.23. The number of piperidine rings is 2. The van der Waals surface area contributed by atoms with Gasteiger partial charge in [-0.3, -0.25) is 29.0 Å². The molecule has 6 aliphatic rings. The summed E-state index contributed by atoms with van der Waals surface area (Å²) in [7, 11) is 0. The summed E-state index contributed by atoms with van der Waals surface area (Å²) in [4.78, 5) is 62.6. The summed E-state index contributed by atoms with van der Waals surface area (Å²) in [6, 6.07) is 17.7. The van der Waals surface area contributed by atoms with Crippen LogP contribution in [0, 0.1) is 0 Å². The van der Waals surface area contributed by atoms with Gasteiger partial charge in [-0.15, -0.1) is 24.8 Å². The molecule has 8 atom stereocenters. The van der Waals surface area contributed by atoms with Gasteiger partial charge in [0.05, 0.1) is 35.3 Å². The lowest BCUT2D eigenvalue weighted by Gasteiger charge is -2.45. The average Bonchev–Trinajstić information content (AvgIpc) is 3.73. The van der Waals surface area contributed by atoms with Crippen LogP contribution in [0.1, 0.15) is 153 Å². The molecule has 6 heterocycles. The highest BCUT2D eigenvalue weighted by Gasteiger charge is 2.46. The van der Waals surface area contributed by atoms with Gasteiger partial charge in [0.2, 0.25) is 11.8 Å². The van der Waals surface area contributed by atoms with Gasteiger partial charge in [-0.05, 0) is 101 Å². The van der Waals surface area contributed by atoms with Crippen LogP contribution in [0.15, 0.2) is 58.1 Å². The second-order valence-corrected chi connectivity index (χ2v) is 20.9. The van der Waals surface area contributed by atoms with Crippen molar-refractivity contribution in [3.8, 4) is 0 Å². The Bertz CT molecular complexity index is 2470. The van der Waals surface area contributed by atoms with Crippen molar-refractivity contribution in [2.24, 2.45) is 17.2 Å². The number of hydrogen-bond acceptors (Lipinski definition) is 12. The lowest BCUT2D eigenvalue weighted by Crippen LogP contribution is -2.50. The van der Waals surface area contributed by atoms with Gasteiger partial charge >= 0.3 is 0 Å². The van der Waals surface area contributed by atoms with Crippen LogP contribution in [0.25, 0.3) is 22.1 Å². The third kappa shape index (κ3) is 13.1. The Morgan fingerprint density at radius 1 is 0.563 bits per heavy atom. The molecule has 10 rings (SSSR count). The molecule has 2 aromatic heterocycles. The molecular weight excluding hydrogens is 967 g/mol. The number of halogens is 3. The molecule has 6 fully saturated rings. The molecule has 2 unspecified atom stereocenters. The SMILES string of the molecule is Cl.Cl.NC(=O)[C@@H](N)CO.NC(=O)[C@H](CO)Nc1nc2ccccc2n(C2C[C@H]3CC[C@@H](C2)N3C2CCCCCCC2)c1=O.O=c1c(Cl)nc2ccccc2n1C1C[C@H]2CC[C@@H](C1)N2C1CCCCCCC1. The summed E-state index contributed by atoms with van der Waals surface area (Å²) in [5.41, 5.74) is 17.8. The van der Waals surface area contributed by atoms with Gasteiger partial charge in [-0.1, -0.05) is 100 Å². The van der Waals surface area contributed by atoms with Crippen LogP contribution in [0.2, 0.25) is 5.15 Å². The summed E-state index contributed by atoms with van der Waals surface area (Å²) in [5, 5.41) is 20.5. The number of nitrogens with two attached hydrogens (primary N) is 3. The zero-order chi connectivity index (χ0) is 48.6. The summed E-state index contributed by atoms with van der Waals surface area (Å²) in [6.45, 7) is -0.872. The molecule has 4 aliphatic heterocycles. The van der Waals surface area contributed by atoms with Gasteiger partial charge in [0.15, 0.2) is 11.0 Å². The van der Waals surface area contributed by atoms with Gasteiger partial charge < -0.3 is 41.9 Å². The number of primary amides is 2. The minimum absolute atomic E-state index is 0. The molecule has 0 radical (unpaired) electrons. The number of amides is 2. The van der Waals surface area contributed by atoms with Crippen molar-refractivity contribution in [1.29, 1.82) is 0 Å². The van der Waals surface area contributed by atoms with Gasteiger partial charge in [0.1, 0.15) is 12.1 Å². The van der Waals surface area contributed by atoms with Crippen molar-refractivity contribution in [2.75, 3.05) is 18.5 Å². The topological polar surface area (TPSA) is 241 Å². The first-order valence-electron chi connectivity index (χ1n) is 26.0. The largest absolute Gasteiger partial charge is 0.394 e. The molecule has 19 heteroatoms. The molecular formula is C52H77Cl3N10O6. The van der Waals surface area contributed by atoms with Crippen molar-refractivity contribution in [3.63, 3.8) is 0 Å². The standard InChI is InChI=1S/C26H37N5O3.C23H30ClN3O.C3H8N2O2.2ClH/c27-24(33)22(16-32)29-25-26(34)31(23-11-7-6-10-21(23)28-25)20-14-18-12-13-19(15-20)30(18)17-8-4-2-1-3-5-9-17;24-22-23(28)27(21-11-7-6-10-20(21)25-22)19-14-17-12-13-18(15-19)26(17)16-8-4-2-1-3-5-9-16;4-2(1-6)3(5)7;;/h6-7,10-11,17-20,22,32H,1-5,8-9,12-16H2,(H2,27,33)(H,28,29);6-7,10-11,16-19H,1-5,8-9,12-15H2;2,6H,1,4H2,(H2,5,7);2*1H/t18-,19+,20?,22-;17-,18+,19?;2-;;/m0.0../s1. The molecule has 71 heavy (non-hydrogen) atoms. The molecule has 2 saturated carbocycles. The van der Waals surface area contributed by atoms with Crippen molar-refractivity contribution < 1.29 is 19.8 Å². The normalized spacial score (nSPS) is 26.1. The number of aromatic nitrogens is 4. The third-order valence-corrected chi connectivity index (χ3v) is 16.4. The molecule has 4 saturated heterocycles. The number of nitrogens with one attached hydrogen (secondary N) is 1. The Labute approximate surface area is 434 Å². The van der Waals surface area contributed by atoms with Gasteiger partial charge in [-0.2, -0.15) is 0 Å². The molecule has 4 bridgehead atoms. The Balaban J connectivity index is 0.000000202. The number of benzene rings is 2. The zero-order valence-electron chi connectivity index (χ0n) is 41.0. The molecule has 2 aromatic carbocycles. The van der Waals surface area contributed by atoms with E-state index in [1.54, 1.807) is 0 Å². The Hall–Kier alpha value is -3.87. The Morgan fingerprint density at radius 3 is 1.34 bits per heavy atom. The van der Waals surface area contributed by atoms with Crippen LogP contribution in [0.5, 0.6) is 0 Å². The second kappa shape index (κ2) is 26.4. The maximum atomic E-state index is 13.6. The van der Waals surface area contributed by atoms with Crippen molar-refractivity contribution in [2.45, 2.75) is 202 Å². The van der Waals surface area contributed by atoms with E-state index >= 15 is 0 Å². The smallest absolute Gasteiger partial charge is 0.294 e. The Kier molecular flexibility index (Phi) is 21.0. The minimum atomic E-state index is -1.05. The molecule has 2 aliphatic carbocycles. The molecule has 16 nitrogen and oxygen atoms in total. The molecule has 4 aromatic rings. The number of fused-ring (bicyclic) bond motifs is 6. The average molecular weight is 1040 g/mol. The van der Waals surface area contributed by atoms with E-state index in [2.05, 4.69) is 30.8 Å². The summed E-state index contributed by atoms with van der Waals surface area (Å²) in [6.07, 6.45) is 28.1. The van der Waals surface area contributed by atoms with Crippen LogP contribution >= 0.6 is 36.4 Å². The highest BCUT2D eigenvalue weighted by atomic mass is 35.5. The number of rotatable bonds is 10. The number of aliphatic hydroxyl groups excluding tert-OH is 2. The summed E-state index contributed by atoms with van der Waals surface area (Å²) < 4.78 is 3.85. The monoisotopic (exact) mass is 1040 g/mol. The van der Waals surface area contributed by atoms with Crippen LogP contribution in [0.4, 0.5) is 5.82 Å². The quantitative estimate of drug-likeness (QED) is 0.0951. The van der Waals surface area contributed by atoms with E-state index in [0.717, 1.165) is 48.3 Å². The molecule has 392 valence electrons. The molecule has 2 amide bonds. The highest BCUT2D eigenvalue weighted by molar-refractivity contribution is 6.29. The van der Waals surface area contributed by atoms with Gasteiger partial charge in [-0.25, -0.2) is 9.97 Å². The number of aliphatic hydroxyl groups is 2. The number of carbonyl (C=O) groups excluding carboxylic acids is 2. The molecule has 9 N–H and O–H groups in total. The van der Waals surface area contributed by atoms with E-state index in [-0.39, 0.29) is 65.6 Å². The Morgan fingerprint density at radius 2 is 0.958 bits per heavy atom. The maximum absolute atomic E-state index is 13.6. The first kappa shape index (κ1) is 56.4. The number of para-hydroxylation sites is 4. The number of carbonyl (C=O) groups is 2. The van der Waals surface area contributed by atoms with Gasteiger partial charge in [0, 0.05) is 48.3 Å². The van der Waals surface area contributed by atoms with Crippen LogP contribution in [0.3, 0.4) is 0 Å². The van der Waals surface area contributed by atoms with E-state index < -0.39 is 30.5 Å². The predicted molar refractivity (Wildman–Crippen MR) is 286 cm³/mol. The van der Waals surface area contributed by atoms with E-state index in [4.69, 9.17) is 28.2 Å². The van der Waals surface area contributed by atoms with E-state index in [9.17, 15) is 24.3 Å². The van der Waals surface area contributed by atoms with Crippen LogP contribution in [-0.4, -0.2) is 112 Å². The highest BCUT2D eigenvalue weighted by Crippen LogP contribution is 2.46. The minimum Gasteiger partial charge on any atom is -0.394 e. The van der Waals surface area contributed by atoms with E-state index in [0.29, 0.717) is 35.7 Å². The lowest BCUT2D eigenvalue weighted by atomic mass is 9.89. The van der Waals surface area contributed by atoms with Crippen LogP contribution in [-0.2, 0) is 9.59 Å². The fourth-order valence-corrected chi connectivity index (χ4v) is 13.2. The lowest BCUT2D eigenvalue weighted by molar-refractivity contribution is -0.120. The van der Waals surface area contributed by atoms with E-state index in [1.807, 2.05) is 57.7 Å². The first-order chi connectivity index (χ1) is 33.5.